The molecule has 1 aromatic heterocycles. The minimum Gasteiger partial charge on any atom is -0.372 e. The van der Waals surface area contributed by atoms with Crippen molar-refractivity contribution in [2.45, 2.75) is 19.6 Å². The van der Waals surface area contributed by atoms with E-state index in [1.165, 1.54) is 12.3 Å². The van der Waals surface area contributed by atoms with Crippen molar-refractivity contribution in [2.24, 2.45) is 0 Å². The maximum atomic E-state index is 11.0. The van der Waals surface area contributed by atoms with E-state index in [9.17, 15) is 9.90 Å². The fourth-order valence-electron chi connectivity index (χ4n) is 0.766. The topological polar surface area (TPSA) is 55.1 Å². The molecule has 0 spiro atoms. The number of aliphatic hydroxyl groups excluding tert-OH is 1. The van der Waals surface area contributed by atoms with Crippen molar-refractivity contribution in [3.8, 4) is 0 Å². The van der Waals surface area contributed by atoms with Crippen LogP contribution in [0.25, 0.3) is 0 Å². The predicted molar refractivity (Wildman–Crippen MR) is 40.0 cm³/mol. The zero-order valence-electron chi connectivity index (χ0n) is 6.27. The summed E-state index contributed by atoms with van der Waals surface area (Å²) in [5.41, 5.74) is -0.276. The third kappa shape index (κ3) is 1.65. The lowest BCUT2D eigenvalue weighted by molar-refractivity contribution is 0.0813. The van der Waals surface area contributed by atoms with Gasteiger partial charge in [0, 0.05) is 12.3 Å². The van der Waals surface area contributed by atoms with Gasteiger partial charge in [-0.15, -0.1) is 0 Å². The smallest absolute Gasteiger partial charge is 0.269 e. The van der Waals surface area contributed by atoms with Gasteiger partial charge in [-0.1, -0.05) is 6.92 Å². The molecule has 0 aromatic carbocycles. The van der Waals surface area contributed by atoms with Gasteiger partial charge in [-0.05, 0) is 12.5 Å². The van der Waals surface area contributed by atoms with E-state index in [1.807, 2.05) is 0 Å². The first kappa shape index (κ1) is 7.94. The lowest BCUT2D eigenvalue weighted by Crippen LogP contribution is -2.25. The standard InChI is InChI=1S/C7H10N2O2/c1-2-6(10)9-7(11)4-3-5-8-9/h3-6,10H,2H2,1H3. The Bertz CT molecular complexity index is 282. The van der Waals surface area contributed by atoms with E-state index in [1.54, 1.807) is 13.0 Å². The summed E-state index contributed by atoms with van der Waals surface area (Å²) in [4.78, 5) is 11.0. The molecule has 1 heterocycles. The summed E-state index contributed by atoms with van der Waals surface area (Å²) in [5, 5.41) is 12.9. The van der Waals surface area contributed by atoms with Gasteiger partial charge in [-0.2, -0.15) is 5.10 Å². The molecule has 1 unspecified atom stereocenters. The van der Waals surface area contributed by atoms with Gasteiger partial charge in [-0.25, -0.2) is 4.68 Å². The molecule has 0 saturated carbocycles. The van der Waals surface area contributed by atoms with E-state index in [0.29, 0.717) is 6.42 Å². The van der Waals surface area contributed by atoms with Gasteiger partial charge < -0.3 is 5.11 Å². The summed E-state index contributed by atoms with van der Waals surface area (Å²) >= 11 is 0. The van der Waals surface area contributed by atoms with E-state index < -0.39 is 6.23 Å². The summed E-state index contributed by atoms with van der Waals surface area (Å²) in [7, 11) is 0. The lowest BCUT2D eigenvalue weighted by atomic mass is 10.4. The summed E-state index contributed by atoms with van der Waals surface area (Å²) in [6, 6.07) is 2.91. The molecule has 4 heteroatoms. The summed E-state index contributed by atoms with van der Waals surface area (Å²) in [5.74, 6) is 0. The maximum Gasteiger partial charge on any atom is 0.269 e. The Kier molecular flexibility index (Phi) is 2.38. The molecule has 0 bridgehead atoms. The minimum absolute atomic E-state index is 0.276. The minimum atomic E-state index is -0.802. The van der Waals surface area contributed by atoms with Gasteiger partial charge in [0.05, 0.1) is 0 Å². The molecule has 0 aliphatic heterocycles. The monoisotopic (exact) mass is 154 g/mol. The van der Waals surface area contributed by atoms with Crippen molar-refractivity contribution in [1.82, 2.24) is 9.78 Å². The Hall–Kier alpha value is -1.16. The molecule has 4 nitrogen and oxygen atoms in total. The van der Waals surface area contributed by atoms with Crippen LogP contribution in [0.5, 0.6) is 0 Å². The first-order valence-electron chi connectivity index (χ1n) is 3.47. The number of rotatable bonds is 2. The molecule has 0 aliphatic carbocycles. The summed E-state index contributed by atoms with van der Waals surface area (Å²) in [6.07, 6.45) is 1.15. The fraction of sp³-hybridized carbons (Fsp3) is 0.429. The van der Waals surface area contributed by atoms with Gasteiger partial charge in [0.1, 0.15) is 0 Å². The van der Waals surface area contributed by atoms with Gasteiger partial charge in [-0.3, -0.25) is 4.79 Å². The summed E-state index contributed by atoms with van der Waals surface area (Å²) in [6.45, 7) is 1.78. The molecule has 60 valence electrons. The average Bonchev–Trinajstić information content (AvgIpc) is 2.04. The Morgan fingerprint density at radius 3 is 3.09 bits per heavy atom. The molecule has 0 aliphatic rings. The second-order valence-electron chi connectivity index (χ2n) is 2.20. The fourth-order valence-corrected chi connectivity index (χ4v) is 0.766. The number of aliphatic hydroxyl groups is 1. The van der Waals surface area contributed by atoms with Crippen LogP contribution in [0, 0.1) is 0 Å². The Balaban J connectivity index is 3.03. The van der Waals surface area contributed by atoms with E-state index >= 15 is 0 Å². The van der Waals surface area contributed by atoms with Crippen LogP contribution in [0.2, 0.25) is 0 Å². The van der Waals surface area contributed by atoms with Crippen LogP contribution >= 0.6 is 0 Å². The van der Waals surface area contributed by atoms with Gasteiger partial charge in [0.25, 0.3) is 5.56 Å². The van der Waals surface area contributed by atoms with Crippen LogP contribution in [0.3, 0.4) is 0 Å². The highest BCUT2D eigenvalue weighted by molar-refractivity contribution is 4.85. The third-order valence-electron chi connectivity index (χ3n) is 1.39. The molecule has 0 saturated heterocycles. The SMILES string of the molecule is CCC(O)n1ncccc1=O. The second kappa shape index (κ2) is 3.30. The van der Waals surface area contributed by atoms with Crippen molar-refractivity contribution < 1.29 is 5.11 Å². The Morgan fingerprint density at radius 2 is 2.55 bits per heavy atom. The molecule has 0 fully saturated rings. The van der Waals surface area contributed by atoms with E-state index in [0.717, 1.165) is 4.68 Å². The van der Waals surface area contributed by atoms with E-state index in [-0.39, 0.29) is 5.56 Å². The van der Waals surface area contributed by atoms with Crippen LogP contribution in [0.1, 0.15) is 19.6 Å². The number of aromatic nitrogens is 2. The maximum absolute atomic E-state index is 11.0. The van der Waals surface area contributed by atoms with Crippen molar-refractivity contribution >= 4 is 0 Å². The van der Waals surface area contributed by atoms with Crippen LogP contribution < -0.4 is 5.56 Å². The first-order chi connectivity index (χ1) is 5.25. The first-order valence-corrected chi connectivity index (χ1v) is 3.47. The lowest BCUT2D eigenvalue weighted by Gasteiger charge is -2.07. The molecular weight excluding hydrogens is 144 g/mol. The summed E-state index contributed by atoms with van der Waals surface area (Å²) < 4.78 is 1.06. The largest absolute Gasteiger partial charge is 0.372 e. The molecule has 1 N–H and O–H groups in total. The van der Waals surface area contributed by atoms with Crippen molar-refractivity contribution in [2.75, 3.05) is 0 Å². The molecule has 1 aromatic rings. The zero-order chi connectivity index (χ0) is 8.27. The highest BCUT2D eigenvalue weighted by atomic mass is 16.3. The predicted octanol–water partition coefficient (Wildman–Crippen LogP) is 0.144. The van der Waals surface area contributed by atoms with Crippen LogP contribution in [-0.4, -0.2) is 14.9 Å². The van der Waals surface area contributed by atoms with Crippen molar-refractivity contribution in [3.63, 3.8) is 0 Å². The van der Waals surface area contributed by atoms with Gasteiger partial charge in [0.15, 0.2) is 6.23 Å². The van der Waals surface area contributed by atoms with Crippen molar-refractivity contribution in [3.05, 3.63) is 28.7 Å². The molecule has 1 rings (SSSR count). The van der Waals surface area contributed by atoms with Gasteiger partial charge >= 0.3 is 0 Å². The Morgan fingerprint density at radius 1 is 1.82 bits per heavy atom. The van der Waals surface area contributed by atoms with E-state index in [2.05, 4.69) is 5.10 Å². The normalized spacial score (nSPS) is 12.9. The molecule has 0 amide bonds. The Labute approximate surface area is 64.1 Å². The number of nitrogens with zero attached hydrogens (tertiary/aromatic N) is 2. The van der Waals surface area contributed by atoms with Gasteiger partial charge in [0.2, 0.25) is 0 Å². The molecule has 11 heavy (non-hydrogen) atoms. The highest BCUT2D eigenvalue weighted by Gasteiger charge is 2.04. The van der Waals surface area contributed by atoms with Crippen LogP contribution in [0.4, 0.5) is 0 Å². The van der Waals surface area contributed by atoms with Crippen LogP contribution in [0.15, 0.2) is 23.1 Å². The van der Waals surface area contributed by atoms with Crippen molar-refractivity contribution in [1.29, 1.82) is 0 Å². The molecule has 0 radical (unpaired) electrons. The second-order valence-corrected chi connectivity index (χ2v) is 2.20. The van der Waals surface area contributed by atoms with E-state index in [4.69, 9.17) is 0 Å². The molecular formula is C7H10N2O2. The average molecular weight is 154 g/mol. The number of hydrogen-bond acceptors (Lipinski definition) is 3. The highest BCUT2D eigenvalue weighted by Crippen LogP contribution is 1.98. The zero-order valence-corrected chi connectivity index (χ0v) is 6.27. The van der Waals surface area contributed by atoms with Crippen LogP contribution in [-0.2, 0) is 0 Å². The quantitative estimate of drug-likeness (QED) is 0.659. The third-order valence-corrected chi connectivity index (χ3v) is 1.39. The number of hydrogen-bond donors (Lipinski definition) is 1. The molecule has 1 atom stereocenters.